The summed E-state index contributed by atoms with van der Waals surface area (Å²) in [5, 5.41) is 0.761. The van der Waals surface area contributed by atoms with E-state index in [4.69, 9.17) is 4.74 Å². The summed E-state index contributed by atoms with van der Waals surface area (Å²) < 4.78 is 5.42. The van der Waals surface area contributed by atoms with Crippen molar-refractivity contribution in [2.24, 2.45) is 5.41 Å². The van der Waals surface area contributed by atoms with Crippen molar-refractivity contribution in [3.63, 3.8) is 0 Å². The highest BCUT2D eigenvalue weighted by molar-refractivity contribution is 9.09. The molecule has 3 heteroatoms. The number of carbonyl (C=O) groups excluding carboxylic acids is 1. The van der Waals surface area contributed by atoms with E-state index in [0.717, 1.165) is 30.2 Å². The summed E-state index contributed by atoms with van der Waals surface area (Å²) in [4.78, 5) is 11.9. The average molecular weight is 275 g/mol. The van der Waals surface area contributed by atoms with Gasteiger partial charge in [-0.3, -0.25) is 4.79 Å². The highest BCUT2D eigenvalue weighted by atomic mass is 79.9. The van der Waals surface area contributed by atoms with Crippen molar-refractivity contribution in [3.05, 3.63) is 12.2 Å². The molecule has 1 fully saturated rings. The Morgan fingerprint density at radius 1 is 1.47 bits per heavy atom. The molecule has 0 N–H and O–H groups in total. The van der Waals surface area contributed by atoms with E-state index < -0.39 is 0 Å². The summed E-state index contributed by atoms with van der Waals surface area (Å²) in [5.74, 6) is -0.0582. The molecular formula is C12H19BrO2. The van der Waals surface area contributed by atoms with E-state index in [1.807, 2.05) is 20.8 Å². The molecule has 2 nitrogen and oxygen atoms in total. The SMILES string of the molecule is C=C(CBr)CC1(C(=O)OC(C)(C)C)CC1. The molecule has 0 unspecified atom stereocenters. The topological polar surface area (TPSA) is 26.3 Å². The maximum Gasteiger partial charge on any atom is 0.312 e. The number of hydrogen-bond donors (Lipinski definition) is 0. The van der Waals surface area contributed by atoms with Gasteiger partial charge in [0, 0.05) is 5.33 Å². The smallest absolute Gasteiger partial charge is 0.312 e. The van der Waals surface area contributed by atoms with Crippen molar-refractivity contribution in [2.75, 3.05) is 5.33 Å². The molecule has 1 saturated carbocycles. The Hall–Kier alpha value is -0.310. The molecular weight excluding hydrogens is 256 g/mol. The van der Waals surface area contributed by atoms with Crippen molar-refractivity contribution in [1.82, 2.24) is 0 Å². The first-order valence-electron chi connectivity index (χ1n) is 5.25. The zero-order valence-electron chi connectivity index (χ0n) is 9.73. The van der Waals surface area contributed by atoms with Crippen molar-refractivity contribution >= 4 is 21.9 Å². The first kappa shape index (κ1) is 12.8. The Morgan fingerprint density at radius 3 is 2.33 bits per heavy atom. The number of alkyl halides is 1. The van der Waals surface area contributed by atoms with Crippen molar-refractivity contribution in [1.29, 1.82) is 0 Å². The first-order chi connectivity index (χ1) is 6.79. The van der Waals surface area contributed by atoms with Crippen LogP contribution in [0.15, 0.2) is 12.2 Å². The second-order valence-corrected chi connectivity index (χ2v) is 5.90. The molecule has 86 valence electrons. The zero-order chi connectivity index (χ0) is 11.7. The zero-order valence-corrected chi connectivity index (χ0v) is 11.3. The summed E-state index contributed by atoms with van der Waals surface area (Å²) in [6.07, 6.45) is 2.63. The van der Waals surface area contributed by atoms with Crippen LogP contribution in [0.2, 0.25) is 0 Å². The van der Waals surface area contributed by atoms with E-state index in [0.29, 0.717) is 0 Å². The molecule has 0 heterocycles. The van der Waals surface area contributed by atoms with E-state index in [-0.39, 0.29) is 17.0 Å². The van der Waals surface area contributed by atoms with Gasteiger partial charge in [-0.25, -0.2) is 0 Å². The second kappa shape index (κ2) is 4.28. The third-order valence-electron chi connectivity index (χ3n) is 2.46. The molecule has 1 aliphatic carbocycles. The van der Waals surface area contributed by atoms with Gasteiger partial charge in [0.05, 0.1) is 5.41 Å². The van der Waals surface area contributed by atoms with E-state index >= 15 is 0 Å². The lowest BCUT2D eigenvalue weighted by atomic mass is 9.98. The van der Waals surface area contributed by atoms with E-state index in [1.54, 1.807) is 0 Å². The predicted molar refractivity (Wildman–Crippen MR) is 65.1 cm³/mol. The van der Waals surface area contributed by atoms with Crippen molar-refractivity contribution in [2.45, 2.75) is 45.6 Å². The van der Waals surface area contributed by atoms with Gasteiger partial charge in [0.25, 0.3) is 0 Å². The van der Waals surface area contributed by atoms with E-state index in [1.165, 1.54) is 0 Å². The fourth-order valence-corrected chi connectivity index (χ4v) is 1.71. The van der Waals surface area contributed by atoms with Gasteiger partial charge in [-0.2, -0.15) is 0 Å². The highest BCUT2D eigenvalue weighted by Gasteiger charge is 2.52. The molecule has 0 bridgehead atoms. The summed E-state index contributed by atoms with van der Waals surface area (Å²) >= 11 is 3.35. The Labute approximate surface area is 100 Å². The monoisotopic (exact) mass is 274 g/mol. The van der Waals surface area contributed by atoms with Crippen LogP contribution >= 0.6 is 15.9 Å². The first-order valence-corrected chi connectivity index (χ1v) is 6.37. The largest absolute Gasteiger partial charge is 0.460 e. The summed E-state index contributed by atoms with van der Waals surface area (Å²) in [6, 6.07) is 0. The lowest BCUT2D eigenvalue weighted by Gasteiger charge is -2.24. The molecule has 0 atom stereocenters. The Morgan fingerprint density at radius 2 is 2.00 bits per heavy atom. The van der Waals surface area contributed by atoms with Gasteiger partial charge in [0.1, 0.15) is 5.60 Å². The van der Waals surface area contributed by atoms with Gasteiger partial charge >= 0.3 is 5.97 Å². The van der Waals surface area contributed by atoms with Crippen LogP contribution in [0, 0.1) is 5.41 Å². The van der Waals surface area contributed by atoms with Crippen LogP contribution in [-0.2, 0) is 9.53 Å². The minimum absolute atomic E-state index is 0.0582. The molecule has 1 aliphatic rings. The Bertz CT molecular complexity index is 272. The average Bonchev–Trinajstić information content (AvgIpc) is 2.82. The summed E-state index contributed by atoms with van der Waals surface area (Å²) in [7, 11) is 0. The van der Waals surface area contributed by atoms with Crippen LogP contribution in [-0.4, -0.2) is 16.9 Å². The van der Waals surface area contributed by atoms with Gasteiger partial charge in [-0.05, 0) is 40.0 Å². The number of rotatable bonds is 4. The van der Waals surface area contributed by atoms with Gasteiger partial charge in [-0.15, -0.1) is 0 Å². The van der Waals surface area contributed by atoms with E-state index in [2.05, 4.69) is 22.5 Å². The minimum atomic E-state index is -0.386. The molecule has 0 aromatic carbocycles. The van der Waals surface area contributed by atoms with Gasteiger partial charge in [0.15, 0.2) is 0 Å². The maximum absolute atomic E-state index is 11.9. The van der Waals surface area contributed by atoms with Crippen LogP contribution in [0.1, 0.15) is 40.0 Å². The lowest BCUT2D eigenvalue weighted by molar-refractivity contribution is -0.161. The lowest BCUT2D eigenvalue weighted by Crippen LogP contribution is -2.30. The number of allylic oxidation sites excluding steroid dienone is 1. The number of esters is 1. The molecule has 0 radical (unpaired) electrons. The molecule has 1 rings (SSSR count). The van der Waals surface area contributed by atoms with Crippen LogP contribution in [0.5, 0.6) is 0 Å². The van der Waals surface area contributed by atoms with Crippen molar-refractivity contribution < 1.29 is 9.53 Å². The molecule has 0 aromatic heterocycles. The van der Waals surface area contributed by atoms with Crippen molar-refractivity contribution in [3.8, 4) is 0 Å². The molecule has 15 heavy (non-hydrogen) atoms. The van der Waals surface area contributed by atoms with Crippen LogP contribution in [0.25, 0.3) is 0 Å². The maximum atomic E-state index is 11.9. The second-order valence-electron chi connectivity index (χ2n) is 5.34. The molecule has 0 saturated heterocycles. The quantitative estimate of drug-likeness (QED) is 0.446. The van der Waals surface area contributed by atoms with Crippen LogP contribution in [0.3, 0.4) is 0 Å². The predicted octanol–water partition coefficient (Wildman–Crippen LogP) is 3.45. The number of ether oxygens (including phenoxy) is 1. The molecule has 0 aromatic rings. The standard InChI is InChI=1S/C12H19BrO2/c1-9(8-13)7-12(5-6-12)10(14)15-11(2,3)4/h1,5-8H2,2-4H3. The minimum Gasteiger partial charge on any atom is -0.460 e. The van der Waals surface area contributed by atoms with Crippen LogP contribution in [0.4, 0.5) is 0 Å². The fourth-order valence-electron chi connectivity index (χ4n) is 1.52. The summed E-state index contributed by atoms with van der Waals surface area (Å²) in [5.41, 5.74) is 0.430. The molecule has 0 amide bonds. The van der Waals surface area contributed by atoms with Crippen LogP contribution < -0.4 is 0 Å². The van der Waals surface area contributed by atoms with Gasteiger partial charge < -0.3 is 4.74 Å². The van der Waals surface area contributed by atoms with E-state index in [9.17, 15) is 4.79 Å². The normalized spacial score (nSPS) is 18.4. The summed E-state index contributed by atoms with van der Waals surface area (Å²) in [6.45, 7) is 9.63. The number of carbonyl (C=O) groups is 1. The molecule has 0 aliphatic heterocycles. The fraction of sp³-hybridized carbons (Fsp3) is 0.750. The third kappa shape index (κ3) is 3.63. The third-order valence-corrected chi connectivity index (χ3v) is 3.26. The highest BCUT2D eigenvalue weighted by Crippen LogP contribution is 2.52. The van der Waals surface area contributed by atoms with Gasteiger partial charge in [0.2, 0.25) is 0 Å². The number of halogens is 1. The number of hydrogen-bond acceptors (Lipinski definition) is 2. The Kier molecular flexibility index (Phi) is 3.64. The van der Waals surface area contributed by atoms with Gasteiger partial charge in [-0.1, -0.05) is 28.1 Å². The Balaban J connectivity index is 2.55. The molecule has 0 spiro atoms.